The Kier molecular flexibility index (Phi) is 5.30. The second-order valence-electron chi connectivity index (χ2n) is 4.51. The van der Waals surface area contributed by atoms with E-state index in [0.717, 1.165) is 30.6 Å². The molecular weight excluding hydrogens is 246 g/mol. The van der Waals surface area contributed by atoms with Crippen LogP contribution < -0.4 is 0 Å². The molecule has 0 radical (unpaired) electrons. The van der Waals surface area contributed by atoms with Crippen LogP contribution in [0.25, 0.3) is 0 Å². The minimum absolute atomic E-state index is 0.145. The number of rotatable bonds is 5. The summed E-state index contributed by atoms with van der Waals surface area (Å²) in [6, 6.07) is -0.779. The Morgan fingerprint density at radius 1 is 1.33 bits per heavy atom. The van der Waals surface area contributed by atoms with Crippen molar-refractivity contribution in [3.63, 3.8) is 0 Å². The van der Waals surface area contributed by atoms with E-state index in [1.54, 1.807) is 0 Å². The fourth-order valence-electron chi connectivity index (χ4n) is 2.22. The summed E-state index contributed by atoms with van der Waals surface area (Å²) in [5.74, 6) is -1.12. The predicted octanol–water partition coefficient (Wildman–Crippen LogP) is 1.63. The lowest BCUT2D eigenvalue weighted by atomic mass is 10.2. The number of aliphatic carboxylic acids is 1. The van der Waals surface area contributed by atoms with Crippen molar-refractivity contribution in [2.45, 2.75) is 38.2 Å². The van der Waals surface area contributed by atoms with Gasteiger partial charge in [0.25, 0.3) is 6.43 Å². The third-order valence-electron chi connectivity index (χ3n) is 3.06. The number of carbonyl (C=O) groups excluding carboxylic acids is 1. The minimum atomic E-state index is -2.62. The fourth-order valence-corrected chi connectivity index (χ4v) is 2.22. The highest BCUT2D eigenvalue weighted by atomic mass is 19.3. The molecular formula is C11H18F2N2O3. The molecule has 0 aliphatic heterocycles. The summed E-state index contributed by atoms with van der Waals surface area (Å²) >= 11 is 0. The Hall–Kier alpha value is -1.40. The Labute approximate surface area is 104 Å². The van der Waals surface area contributed by atoms with Gasteiger partial charge in [-0.2, -0.15) is 0 Å². The predicted molar refractivity (Wildman–Crippen MR) is 60.6 cm³/mol. The van der Waals surface area contributed by atoms with E-state index in [0.29, 0.717) is 0 Å². The van der Waals surface area contributed by atoms with Gasteiger partial charge >= 0.3 is 12.0 Å². The second-order valence-corrected chi connectivity index (χ2v) is 4.51. The summed E-state index contributed by atoms with van der Waals surface area (Å²) in [5, 5.41) is 8.80. The summed E-state index contributed by atoms with van der Waals surface area (Å²) in [7, 11) is 1.26. The van der Waals surface area contributed by atoms with E-state index in [4.69, 9.17) is 5.11 Å². The Balaban J connectivity index is 2.68. The van der Waals surface area contributed by atoms with E-state index in [1.165, 1.54) is 11.9 Å². The van der Waals surface area contributed by atoms with Crippen LogP contribution in [-0.2, 0) is 4.79 Å². The molecule has 1 saturated carbocycles. The van der Waals surface area contributed by atoms with E-state index in [1.807, 2.05) is 0 Å². The molecule has 7 heteroatoms. The average Bonchev–Trinajstić information content (AvgIpc) is 2.76. The highest BCUT2D eigenvalue weighted by Crippen LogP contribution is 2.24. The van der Waals surface area contributed by atoms with Crippen LogP contribution in [-0.4, -0.2) is 59.5 Å². The van der Waals surface area contributed by atoms with Crippen molar-refractivity contribution in [1.29, 1.82) is 0 Å². The lowest BCUT2D eigenvalue weighted by molar-refractivity contribution is -0.138. The molecule has 0 atom stereocenters. The van der Waals surface area contributed by atoms with E-state index in [9.17, 15) is 18.4 Å². The number of carboxylic acids is 1. The molecule has 0 aromatic rings. The highest BCUT2D eigenvalue weighted by molar-refractivity contribution is 5.80. The minimum Gasteiger partial charge on any atom is -0.480 e. The molecule has 0 bridgehead atoms. The van der Waals surface area contributed by atoms with Crippen molar-refractivity contribution >= 4 is 12.0 Å². The van der Waals surface area contributed by atoms with Crippen LogP contribution in [0.5, 0.6) is 0 Å². The molecule has 0 aromatic carbocycles. The third-order valence-corrected chi connectivity index (χ3v) is 3.06. The maximum atomic E-state index is 12.2. The number of amides is 2. The number of nitrogens with zero attached hydrogens (tertiary/aromatic N) is 2. The molecule has 1 rings (SSSR count). The molecule has 18 heavy (non-hydrogen) atoms. The molecule has 0 unspecified atom stereocenters. The molecule has 1 aliphatic carbocycles. The first kappa shape index (κ1) is 14.7. The van der Waals surface area contributed by atoms with Crippen LogP contribution in [0.2, 0.25) is 0 Å². The van der Waals surface area contributed by atoms with Gasteiger partial charge in [0.2, 0.25) is 0 Å². The van der Waals surface area contributed by atoms with Gasteiger partial charge in [0.1, 0.15) is 6.54 Å². The number of carboxylic acid groups (broad SMARTS) is 1. The second kappa shape index (κ2) is 6.51. The normalized spacial score (nSPS) is 16.0. The average molecular weight is 264 g/mol. The zero-order valence-corrected chi connectivity index (χ0v) is 10.3. The highest BCUT2D eigenvalue weighted by Gasteiger charge is 2.30. The van der Waals surface area contributed by atoms with Gasteiger partial charge in [-0.05, 0) is 12.8 Å². The lowest BCUT2D eigenvalue weighted by Gasteiger charge is -2.31. The summed E-state index contributed by atoms with van der Waals surface area (Å²) in [5.41, 5.74) is 0. The van der Waals surface area contributed by atoms with Crippen molar-refractivity contribution in [3.8, 4) is 0 Å². The molecule has 1 N–H and O–H groups in total. The quantitative estimate of drug-likeness (QED) is 0.821. The van der Waals surface area contributed by atoms with Crippen LogP contribution in [0, 0.1) is 0 Å². The molecule has 5 nitrogen and oxygen atoms in total. The lowest BCUT2D eigenvalue weighted by Crippen LogP contribution is -2.49. The van der Waals surface area contributed by atoms with E-state index in [-0.39, 0.29) is 6.04 Å². The number of alkyl halides is 2. The van der Waals surface area contributed by atoms with Crippen molar-refractivity contribution < 1.29 is 23.5 Å². The van der Waals surface area contributed by atoms with Crippen molar-refractivity contribution in [3.05, 3.63) is 0 Å². The third kappa shape index (κ3) is 4.12. The van der Waals surface area contributed by atoms with Gasteiger partial charge in [-0.25, -0.2) is 13.6 Å². The zero-order valence-electron chi connectivity index (χ0n) is 10.3. The van der Waals surface area contributed by atoms with Gasteiger partial charge in [-0.15, -0.1) is 0 Å². The summed E-state index contributed by atoms with van der Waals surface area (Å²) in [6.07, 6.45) is 0.733. The Morgan fingerprint density at radius 3 is 2.33 bits per heavy atom. The Morgan fingerprint density at radius 2 is 1.89 bits per heavy atom. The van der Waals surface area contributed by atoms with Crippen molar-refractivity contribution in [1.82, 2.24) is 9.80 Å². The largest absolute Gasteiger partial charge is 0.480 e. The van der Waals surface area contributed by atoms with Gasteiger partial charge in [0.15, 0.2) is 0 Å². The Bertz CT molecular complexity index is 307. The number of urea groups is 1. The first-order valence-electron chi connectivity index (χ1n) is 5.93. The van der Waals surface area contributed by atoms with Crippen LogP contribution in [0.4, 0.5) is 13.6 Å². The molecule has 0 spiro atoms. The smallest absolute Gasteiger partial charge is 0.323 e. The first-order chi connectivity index (χ1) is 8.41. The zero-order chi connectivity index (χ0) is 13.7. The number of carbonyl (C=O) groups is 2. The van der Waals surface area contributed by atoms with Crippen LogP contribution in [0.1, 0.15) is 25.7 Å². The van der Waals surface area contributed by atoms with Gasteiger partial charge in [0.05, 0.1) is 6.54 Å². The summed E-state index contributed by atoms with van der Waals surface area (Å²) in [4.78, 5) is 24.8. The van der Waals surface area contributed by atoms with E-state index in [2.05, 4.69) is 0 Å². The molecule has 2 amide bonds. The monoisotopic (exact) mass is 264 g/mol. The first-order valence-corrected chi connectivity index (χ1v) is 5.93. The maximum absolute atomic E-state index is 12.2. The van der Waals surface area contributed by atoms with Crippen LogP contribution in [0.15, 0.2) is 0 Å². The molecule has 1 aliphatic rings. The molecule has 104 valence electrons. The summed E-state index contributed by atoms with van der Waals surface area (Å²) in [6.45, 7) is -1.11. The van der Waals surface area contributed by atoms with Gasteiger partial charge < -0.3 is 14.9 Å². The van der Waals surface area contributed by atoms with E-state index >= 15 is 0 Å². The summed E-state index contributed by atoms with van der Waals surface area (Å²) < 4.78 is 24.4. The van der Waals surface area contributed by atoms with Crippen molar-refractivity contribution in [2.75, 3.05) is 20.1 Å². The standard InChI is InChI=1S/C11H18F2N2O3/c1-14(6-9(12)13)11(18)15(7-10(16)17)8-4-2-3-5-8/h8-9H,2-7H2,1H3,(H,16,17). The fraction of sp³-hybridized carbons (Fsp3) is 0.818. The SMILES string of the molecule is CN(CC(F)F)C(=O)N(CC(=O)O)C1CCCC1. The number of hydrogen-bond donors (Lipinski definition) is 1. The number of hydrogen-bond acceptors (Lipinski definition) is 2. The molecule has 1 fully saturated rings. The molecule has 0 saturated heterocycles. The maximum Gasteiger partial charge on any atom is 0.323 e. The van der Waals surface area contributed by atoms with Crippen LogP contribution in [0.3, 0.4) is 0 Å². The van der Waals surface area contributed by atoms with Crippen molar-refractivity contribution in [2.24, 2.45) is 0 Å². The topological polar surface area (TPSA) is 60.9 Å². The van der Waals surface area contributed by atoms with Gasteiger partial charge in [0, 0.05) is 13.1 Å². The molecule has 0 heterocycles. The number of halogens is 2. The molecule has 0 aromatic heterocycles. The van der Waals surface area contributed by atoms with E-state index < -0.39 is 31.5 Å². The van der Waals surface area contributed by atoms with Crippen LogP contribution >= 0.6 is 0 Å². The van der Waals surface area contributed by atoms with Gasteiger partial charge in [-0.3, -0.25) is 4.79 Å². The van der Waals surface area contributed by atoms with Gasteiger partial charge in [-0.1, -0.05) is 12.8 Å².